The molecule has 0 spiro atoms. The van der Waals surface area contributed by atoms with Crippen molar-refractivity contribution >= 4 is 11.4 Å². The maximum atomic E-state index is 13.8. The summed E-state index contributed by atoms with van der Waals surface area (Å²) in [6.45, 7) is 3.10. The molecule has 0 saturated carbocycles. The van der Waals surface area contributed by atoms with Gasteiger partial charge in [0.15, 0.2) is 0 Å². The van der Waals surface area contributed by atoms with Gasteiger partial charge in [0.05, 0.1) is 0 Å². The summed E-state index contributed by atoms with van der Waals surface area (Å²) in [7, 11) is 0. The summed E-state index contributed by atoms with van der Waals surface area (Å²) in [6, 6.07) is 10.8. The van der Waals surface area contributed by atoms with E-state index >= 15 is 0 Å². The maximum Gasteiger partial charge on any atom is 0.130 e. The van der Waals surface area contributed by atoms with E-state index in [0.29, 0.717) is 24.3 Å². The van der Waals surface area contributed by atoms with Gasteiger partial charge < -0.3 is 10.6 Å². The molecule has 0 amide bonds. The Bertz CT molecular complexity index is 553. The fourth-order valence-corrected chi connectivity index (χ4v) is 1.93. The average Bonchev–Trinajstić information content (AvgIpc) is 2.39. The second-order valence-corrected chi connectivity index (χ2v) is 4.34. The third kappa shape index (κ3) is 3.22. The number of nitrogen functional groups attached to an aromatic ring is 1. The van der Waals surface area contributed by atoms with Gasteiger partial charge in [-0.15, -0.1) is 0 Å². The summed E-state index contributed by atoms with van der Waals surface area (Å²) in [4.78, 5) is 1.97. The Labute approximate surface area is 111 Å². The molecule has 2 N–H and O–H groups in total. The zero-order valence-corrected chi connectivity index (χ0v) is 10.7. The molecular weight excluding hydrogens is 246 g/mol. The minimum atomic E-state index is -0.319. The highest BCUT2D eigenvalue weighted by atomic mass is 19.1. The van der Waals surface area contributed by atoms with Crippen LogP contribution >= 0.6 is 0 Å². The lowest BCUT2D eigenvalue weighted by molar-refractivity contribution is 0.605. The summed E-state index contributed by atoms with van der Waals surface area (Å²) in [6.07, 6.45) is 0. The van der Waals surface area contributed by atoms with Crippen molar-refractivity contribution in [1.82, 2.24) is 0 Å². The molecule has 4 heteroatoms. The smallest absolute Gasteiger partial charge is 0.130 e. The second-order valence-electron chi connectivity index (χ2n) is 4.34. The van der Waals surface area contributed by atoms with Crippen molar-refractivity contribution in [3.8, 4) is 0 Å². The highest BCUT2D eigenvalue weighted by Gasteiger charge is 2.09. The Morgan fingerprint density at radius 2 is 1.74 bits per heavy atom. The van der Waals surface area contributed by atoms with E-state index in [4.69, 9.17) is 5.73 Å². The van der Waals surface area contributed by atoms with Gasteiger partial charge in [-0.3, -0.25) is 0 Å². The third-order valence-electron chi connectivity index (χ3n) is 3.01. The van der Waals surface area contributed by atoms with Crippen LogP contribution in [-0.2, 0) is 6.54 Å². The van der Waals surface area contributed by atoms with Crippen molar-refractivity contribution in [2.24, 2.45) is 0 Å². The molecule has 0 saturated heterocycles. The number of rotatable bonds is 4. The lowest BCUT2D eigenvalue weighted by atomic mass is 10.1. The van der Waals surface area contributed by atoms with Crippen LogP contribution in [0.15, 0.2) is 42.5 Å². The number of benzene rings is 2. The molecule has 0 atom stereocenters. The summed E-state index contributed by atoms with van der Waals surface area (Å²) in [5.74, 6) is -0.598. The summed E-state index contributed by atoms with van der Waals surface area (Å²) >= 11 is 0. The van der Waals surface area contributed by atoms with Crippen LogP contribution in [0.1, 0.15) is 12.5 Å². The maximum absolute atomic E-state index is 13.8. The van der Waals surface area contributed by atoms with Crippen molar-refractivity contribution < 1.29 is 8.78 Å². The van der Waals surface area contributed by atoms with Gasteiger partial charge in [0.2, 0.25) is 0 Å². The molecule has 0 unspecified atom stereocenters. The molecule has 0 aliphatic heterocycles. The predicted octanol–water partition coefficient (Wildman–Crippen LogP) is 3.57. The standard InChI is InChI=1S/C15H16F2N2/c1-2-19(14-7-4-12(16)5-8-14)10-11-3-6-13(18)9-15(11)17/h3-9H,2,10,18H2,1H3. The first-order valence-electron chi connectivity index (χ1n) is 6.14. The van der Waals surface area contributed by atoms with Gasteiger partial charge >= 0.3 is 0 Å². The van der Waals surface area contributed by atoms with Crippen molar-refractivity contribution in [3.63, 3.8) is 0 Å². The number of nitrogens with zero attached hydrogens (tertiary/aromatic N) is 1. The number of hydrogen-bond donors (Lipinski definition) is 1. The largest absolute Gasteiger partial charge is 0.399 e. The van der Waals surface area contributed by atoms with E-state index in [1.165, 1.54) is 18.2 Å². The third-order valence-corrected chi connectivity index (χ3v) is 3.01. The molecule has 2 aromatic rings. The molecule has 0 aliphatic rings. The molecule has 0 aliphatic carbocycles. The molecule has 0 aromatic heterocycles. The van der Waals surface area contributed by atoms with E-state index in [2.05, 4.69) is 0 Å². The minimum Gasteiger partial charge on any atom is -0.399 e. The van der Waals surface area contributed by atoms with Crippen LogP contribution in [0.3, 0.4) is 0 Å². The molecule has 0 heterocycles. The SMILES string of the molecule is CCN(Cc1ccc(N)cc1F)c1ccc(F)cc1. The zero-order chi connectivity index (χ0) is 13.8. The Morgan fingerprint density at radius 3 is 2.32 bits per heavy atom. The van der Waals surface area contributed by atoms with Crippen molar-refractivity contribution in [1.29, 1.82) is 0 Å². The van der Waals surface area contributed by atoms with Gasteiger partial charge in [-0.2, -0.15) is 0 Å². The van der Waals surface area contributed by atoms with Crippen LogP contribution in [0.5, 0.6) is 0 Å². The fraction of sp³-hybridized carbons (Fsp3) is 0.200. The number of halogens is 2. The van der Waals surface area contributed by atoms with E-state index in [1.807, 2.05) is 11.8 Å². The fourth-order valence-electron chi connectivity index (χ4n) is 1.93. The lowest BCUT2D eigenvalue weighted by Crippen LogP contribution is -2.22. The topological polar surface area (TPSA) is 29.3 Å². The van der Waals surface area contributed by atoms with Crippen LogP contribution in [0.4, 0.5) is 20.2 Å². The van der Waals surface area contributed by atoms with Crippen molar-refractivity contribution in [2.45, 2.75) is 13.5 Å². The number of anilines is 2. The first-order valence-corrected chi connectivity index (χ1v) is 6.14. The molecule has 0 bridgehead atoms. The Balaban J connectivity index is 2.21. The van der Waals surface area contributed by atoms with Crippen LogP contribution in [0.2, 0.25) is 0 Å². The molecule has 19 heavy (non-hydrogen) atoms. The van der Waals surface area contributed by atoms with E-state index in [0.717, 1.165) is 5.69 Å². The molecule has 2 nitrogen and oxygen atoms in total. The second kappa shape index (κ2) is 5.69. The first kappa shape index (κ1) is 13.3. The van der Waals surface area contributed by atoms with Gasteiger partial charge in [-0.1, -0.05) is 6.07 Å². The molecule has 0 fully saturated rings. The number of hydrogen-bond acceptors (Lipinski definition) is 2. The van der Waals surface area contributed by atoms with Crippen LogP contribution in [0, 0.1) is 11.6 Å². The highest BCUT2D eigenvalue weighted by Crippen LogP contribution is 2.20. The lowest BCUT2D eigenvalue weighted by Gasteiger charge is -2.23. The van der Waals surface area contributed by atoms with Crippen LogP contribution in [-0.4, -0.2) is 6.54 Å². The zero-order valence-electron chi connectivity index (χ0n) is 10.7. The summed E-state index contributed by atoms with van der Waals surface area (Å²) in [5, 5.41) is 0. The summed E-state index contributed by atoms with van der Waals surface area (Å²) < 4.78 is 26.7. The Kier molecular flexibility index (Phi) is 4.00. The van der Waals surface area contributed by atoms with Crippen molar-refractivity contribution in [2.75, 3.05) is 17.2 Å². The molecular formula is C15H16F2N2. The number of nitrogens with two attached hydrogens (primary N) is 1. The van der Waals surface area contributed by atoms with E-state index in [-0.39, 0.29) is 11.6 Å². The van der Waals surface area contributed by atoms with E-state index < -0.39 is 0 Å². The molecule has 0 radical (unpaired) electrons. The Hall–Kier alpha value is -2.10. The van der Waals surface area contributed by atoms with Crippen LogP contribution in [0.25, 0.3) is 0 Å². The van der Waals surface area contributed by atoms with Crippen LogP contribution < -0.4 is 10.6 Å². The van der Waals surface area contributed by atoms with Gasteiger partial charge in [0.1, 0.15) is 11.6 Å². The molecule has 2 rings (SSSR count). The van der Waals surface area contributed by atoms with Crippen molar-refractivity contribution in [3.05, 3.63) is 59.7 Å². The molecule has 100 valence electrons. The quantitative estimate of drug-likeness (QED) is 0.853. The summed E-state index contributed by atoms with van der Waals surface area (Å²) in [5.41, 5.74) is 7.36. The minimum absolute atomic E-state index is 0.279. The van der Waals surface area contributed by atoms with E-state index in [9.17, 15) is 8.78 Å². The van der Waals surface area contributed by atoms with Gasteiger partial charge in [0, 0.05) is 30.0 Å². The monoisotopic (exact) mass is 262 g/mol. The van der Waals surface area contributed by atoms with Gasteiger partial charge in [-0.25, -0.2) is 8.78 Å². The van der Waals surface area contributed by atoms with Gasteiger partial charge in [0.25, 0.3) is 0 Å². The molecule has 2 aromatic carbocycles. The first-order chi connectivity index (χ1) is 9.10. The normalized spacial score (nSPS) is 10.5. The average molecular weight is 262 g/mol. The highest BCUT2D eigenvalue weighted by molar-refractivity contribution is 5.48. The predicted molar refractivity (Wildman–Crippen MR) is 73.9 cm³/mol. The van der Waals surface area contributed by atoms with E-state index in [1.54, 1.807) is 24.3 Å². The van der Waals surface area contributed by atoms with Gasteiger partial charge in [-0.05, 0) is 43.3 Å². The Morgan fingerprint density at radius 1 is 1.05 bits per heavy atom.